The van der Waals surface area contributed by atoms with Crippen LogP contribution >= 0.6 is 34.0 Å². The summed E-state index contributed by atoms with van der Waals surface area (Å²) in [5, 5.41) is 9.10. The molecule has 0 aliphatic heterocycles. The van der Waals surface area contributed by atoms with E-state index in [1.54, 1.807) is 34.0 Å². The highest BCUT2D eigenvalue weighted by atomic mass is 32.1. The zero-order valence-electron chi connectivity index (χ0n) is 16.3. The van der Waals surface area contributed by atoms with E-state index >= 15 is 0 Å². The summed E-state index contributed by atoms with van der Waals surface area (Å²) in [4.78, 5) is 23.8. The molecule has 7 heteroatoms. The minimum atomic E-state index is 0.0117. The maximum absolute atomic E-state index is 12.3. The van der Waals surface area contributed by atoms with E-state index in [1.807, 2.05) is 12.3 Å². The first-order valence-electron chi connectivity index (χ1n) is 9.36. The highest BCUT2D eigenvalue weighted by Crippen LogP contribution is 2.29. The van der Waals surface area contributed by atoms with Gasteiger partial charge in [-0.3, -0.25) is 4.79 Å². The van der Waals surface area contributed by atoms with Gasteiger partial charge in [-0.1, -0.05) is 29.8 Å². The van der Waals surface area contributed by atoms with Crippen molar-refractivity contribution in [2.24, 2.45) is 0 Å². The molecule has 0 saturated carbocycles. The van der Waals surface area contributed by atoms with Crippen LogP contribution in [-0.4, -0.2) is 22.4 Å². The zero-order valence-corrected chi connectivity index (χ0v) is 18.7. The second-order valence-electron chi connectivity index (χ2n) is 6.80. The summed E-state index contributed by atoms with van der Waals surface area (Å²) in [7, 11) is 0. The van der Waals surface area contributed by atoms with E-state index in [0.717, 1.165) is 33.4 Å². The molecule has 4 aromatic rings. The van der Waals surface area contributed by atoms with Crippen molar-refractivity contribution in [1.82, 2.24) is 15.3 Å². The van der Waals surface area contributed by atoms with Crippen molar-refractivity contribution in [3.05, 3.63) is 68.3 Å². The predicted octanol–water partition coefficient (Wildman–Crippen LogP) is 5.51. The number of carbonyl (C=O) groups is 1. The topological polar surface area (TPSA) is 54.9 Å². The average Bonchev–Trinajstić information content (AvgIpc) is 3.44. The first kappa shape index (κ1) is 19.9. The summed E-state index contributed by atoms with van der Waals surface area (Å²) >= 11 is 4.98. The SMILES string of the molecule is Cc1ccc(-c2nc(CC(=O)NCCc3ccc(-c4csc(C)n4)s3)cs2)cc1. The molecule has 3 aromatic heterocycles. The van der Waals surface area contributed by atoms with Gasteiger partial charge in [0.2, 0.25) is 5.91 Å². The Kier molecular flexibility index (Phi) is 6.18. The lowest BCUT2D eigenvalue weighted by Crippen LogP contribution is -2.27. The van der Waals surface area contributed by atoms with Crippen molar-refractivity contribution >= 4 is 39.9 Å². The highest BCUT2D eigenvalue weighted by molar-refractivity contribution is 7.16. The third-order valence-corrected chi connectivity index (χ3v) is 7.30. The number of amides is 1. The van der Waals surface area contributed by atoms with E-state index in [1.165, 1.54) is 15.3 Å². The molecule has 0 radical (unpaired) electrons. The number of aryl methyl sites for hydroxylation is 2. The second-order valence-corrected chi connectivity index (χ2v) is 9.89. The fourth-order valence-electron chi connectivity index (χ4n) is 2.90. The summed E-state index contributed by atoms with van der Waals surface area (Å²) in [5.74, 6) is 0.0117. The third-order valence-electron chi connectivity index (χ3n) is 4.42. The monoisotopic (exact) mass is 439 g/mol. The quantitative estimate of drug-likeness (QED) is 0.413. The molecule has 0 fully saturated rings. The van der Waals surface area contributed by atoms with Gasteiger partial charge in [-0.25, -0.2) is 9.97 Å². The number of nitrogens with one attached hydrogen (secondary N) is 1. The number of nitrogens with zero attached hydrogens (tertiary/aromatic N) is 2. The molecule has 4 rings (SSSR count). The number of hydrogen-bond donors (Lipinski definition) is 1. The van der Waals surface area contributed by atoms with Crippen molar-refractivity contribution < 1.29 is 4.79 Å². The Morgan fingerprint density at radius 1 is 1.00 bits per heavy atom. The molecule has 148 valence electrons. The van der Waals surface area contributed by atoms with Gasteiger partial charge in [0, 0.05) is 27.7 Å². The zero-order chi connectivity index (χ0) is 20.2. The number of benzene rings is 1. The molecule has 1 amide bonds. The highest BCUT2D eigenvalue weighted by Gasteiger charge is 2.10. The van der Waals surface area contributed by atoms with Crippen LogP contribution in [-0.2, 0) is 17.6 Å². The van der Waals surface area contributed by atoms with E-state index < -0.39 is 0 Å². The lowest BCUT2D eigenvalue weighted by molar-refractivity contribution is -0.120. The molecular formula is C22H21N3OS3. The van der Waals surface area contributed by atoms with Crippen molar-refractivity contribution in [3.8, 4) is 21.1 Å². The Morgan fingerprint density at radius 2 is 1.83 bits per heavy atom. The molecule has 4 nitrogen and oxygen atoms in total. The standard InChI is InChI=1S/C22H21N3OS3/c1-14-3-5-16(6-4-14)22-25-17(12-28-22)11-21(26)23-10-9-18-7-8-20(29-18)19-13-27-15(2)24-19/h3-8,12-13H,9-11H2,1-2H3,(H,23,26). The van der Waals surface area contributed by atoms with Crippen LogP contribution < -0.4 is 5.32 Å². The summed E-state index contributed by atoms with van der Waals surface area (Å²) in [6.07, 6.45) is 1.14. The summed E-state index contributed by atoms with van der Waals surface area (Å²) in [5.41, 5.74) is 4.18. The van der Waals surface area contributed by atoms with E-state index in [4.69, 9.17) is 0 Å². The Labute approximate surface area is 182 Å². The number of rotatable bonds is 7. The molecule has 0 atom stereocenters. The van der Waals surface area contributed by atoms with Gasteiger partial charge in [0.25, 0.3) is 0 Å². The lowest BCUT2D eigenvalue weighted by Gasteiger charge is -2.02. The molecule has 1 aromatic carbocycles. The molecule has 1 N–H and O–H groups in total. The largest absolute Gasteiger partial charge is 0.355 e. The Morgan fingerprint density at radius 3 is 2.59 bits per heavy atom. The lowest BCUT2D eigenvalue weighted by atomic mass is 10.2. The average molecular weight is 440 g/mol. The van der Waals surface area contributed by atoms with Crippen LogP contribution in [0.5, 0.6) is 0 Å². The molecular weight excluding hydrogens is 418 g/mol. The van der Waals surface area contributed by atoms with Crippen LogP contribution in [0.15, 0.2) is 47.2 Å². The third kappa shape index (κ3) is 5.18. The number of hydrogen-bond acceptors (Lipinski definition) is 6. The van der Waals surface area contributed by atoms with E-state index in [9.17, 15) is 4.79 Å². The van der Waals surface area contributed by atoms with Gasteiger partial charge in [-0.15, -0.1) is 34.0 Å². The van der Waals surface area contributed by atoms with Gasteiger partial charge in [0.15, 0.2) is 0 Å². The number of thiophene rings is 1. The van der Waals surface area contributed by atoms with Gasteiger partial charge < -0.3 is 5.32 Å². The fraction of sp³-hybridized carbons (Fsp3) is 0.227. The number of carbonyl (C=O) groups excluding carboxylic acids is 1. The first-order chi connectivity index (χ1) is 14.1. The van der Waals surface area contributed by atoms with Crippen molar-refractivity contribution in [2.75, 3.05) is 6.54 Å². The van der Waals surface area contributed by atoms with Crippen LogP contribution in [0.2, 0.25) is 0 Å². The van der Waals surface area contributed by atoms with E-state index in [2.05, 4.69) is 64.0 Å². The van der Waals surface area contributed by atoms with E-state index in [0.29, 0.717) is 13.0 Å². The normalized spacial score (nSPS) is 11.0. The van der Waals surface area contributed by atoms with E-state index in [-0.39, 0.29) is 5.91 Å². The van der Waals surface area contributed by atoms with Gasteiger partial charge in [-0.2, -0.15) is 0 Å². The van der Waals surface area contributed by atoms with Crippen LogP contribution in [0.3, 0.4) is 0 Å². The molecule has 29 heavy (non-hydrogen) atoms. The molecule has 0 unspecified atom stereocenters. The van der Waals surface area contributed by atoms with Crippen LogP contribution in [0.25, 0.3) is 21.1 Å². The van der Waals surface area contributed by atoms with Gasteiger partial charge in [-0.05, 0) is 32.4 Å². The molecule has 0 spiro atoms. The fourth-order valence-corrected chi connectivity index (χ4v) is 5.38. The summed E-state index contributed by atoms with van der Waals surface area (Å²) in [6, 6.07) is 12.5. The Bertz CT molecular complexity index is 1110. The molecule has 0 aliphatic carbocycles. The number of thiazole rings is 2. The summed E-state index contributed by atoms with van der Waals surface area (Å²) < 4.78 is 0. The smallest absolute Gasteiger partial charge is 0.226 e. The minimum Gasteiger partial charge on any atom is -0.355 e. The molecule has 0 saturated heterocycles. The van der Waals surface area contributed by atoms with Crippen molar-refractivity contribution in [1.29, 1.82) is 0 Å². The molecule has 3 heterocycles. The second kappa shape index (κ2) is 8.98. The first-order valence-corrected chi connectivity index (χ1v) is 11.9. The number of aromatic nitrogens is 2. The Balaban J connectivity index is 1.26. The van der Waals surface area contributed by atoms with Crippen molar-refractivity contribution in [2.45, 2.75) is 26.7 Å². The molecule has 0 aliphatic rings. The van der Waals surface area contributed by atoms with Crippen LogP contribution in [0, 0.1) is 13.8 Å². The Hall–Kier alpha value is -2.35. The van der Waals surface area contributed by atoms with Crippen LogP contribution in [0.4, 0.5) is 0 Å². The maximum Gasteiger partial charge on any atom is 0.226 e. The van der Waals surface area contributed by atoms with Gasteiger partial charge >= 0.3 is 0 Å². The van der Waals surface area contributed by atoms with Gasteiger partial charge in [0.1, 0.15) is 5.01 Å². The minimum absolute atomic E-state index is 0.0117. The predicted molar refractivity (Wildman–Crippen MR) is 123 cm³/mol. The van der Waals surface area contributed by atoms with Gasteiger partial charge in [0.05, 0.1) is 27.7 Å². The maximum atomic E-state index is 12.3. The van der Waals surface area contributed by atoms with Crippen LogP contribution in [0.1, 0.15) is 21.1 Å². The molecule has 0 bridgehead atoms. The summed E-state index contributed by atoms with van der Waals surface area (Å²) in [6.45, 7) is 4.71. The van der Waals surface area contributed by atoms with Crippen molar-refractivity contribution in [3.63, 3.8) is 0 Å².